The highest BCUT2D eigenvalue weighted by atomic mass is 16.4. The fourth-order valence-electron chi connectivity index (χ4n) is 3.12. The van der Waals surface area contributed by atoms with E-state index in [0.29, 0.717) is 5.56 Å². The van der Waals surface area contributed by atoms with Gasteiger partial charge in [0.15, 0.2) is 0 Å². The SMILES string of the molecule is NC(=O)CCC(NC(=O)C(CC(=O)O)NC(=O)C(N)CC(N)=O)C(=O)NC(Cc1ccccc1)C(=O)O. The average Bonchev–Trinajstić information content (AvgIpc) is 2.80. The Kier molecular flexibility index (Phi) is 12.2. The predicted molar refractivity (Wildman–Crippen MR) is 126 cm³/mol. The van der Waals surface area contributed by atoms with Gasteiger partial charge in [-0.2, -0.15) is 0 Å². The maximum absolute atomic E-state index is 12.9. The first kappa shape index (κ1) is 30.5. The number of rotatable bonds is 16. The molecule has 4 atom stereocenters. The fraction of sp³-hybridized carbons (Fsp3) is 0.409. The van der Waals surface area contributed by atoms with Crippen LogP contribution in [0.25, 0.3) is 0 Å². The van der Waals surface area contributed by atoms with Crippen molar-refractivity contribution in [3.63, 3.8) is 0 Å². The van der Waals surface area contributed by atoms with Crippen molar-refractivity contribution in [1.82, 2.24) is 16.0 Å². The van der Waals surface area contributed by atoms with E-state index >= 15 is 0 Å². The molecule has 0 bridgehead atoms. The third-order valence-corrected chi connectivity index (χ3v) is 4.98. The third-order valence-electron chi connectivity index (χ3n) is 4.98. The maximum Gasteiger partial charge on any atom is 0.326 e. The molecule has 0 heterocycles. The first-order valence-electron chi connectivity index (χ1n) is 11.0. The minimum atomic E-state index is -1.73. The molecule has 15 heteroatoms. The lowest BCUT2D eigenvalue weighted by atomic mass is 10.0. The van der Waals surface area contributed by atoms with Crippen molar-refractivity contribution < 1.29 is 43.8 Å². The molecule has 0 aliphatic carbocycles. The summed E-state index contributed by atoms with van der Waals surface area (Å²) < 4.78 is 0. The maximum atomic E-state index is 12.9. The second-order valence-corrected chi connectivity index (χ2v) is 8.09. The van der Waals surface area contributed by atoms with E-state index in [1.165, 1.54) is 0 Å². The topological polar surface area (TPSA) is 274 Å². The van der Waals surface area contributed by atoms with Crippen molar-refractivity contribution in [2.24, 2.45) is 17.2 Å². The zero-order valence-electron chi connectivity index (χ0n) is 19.7. The van der Waals surface area contributed by atoms with Gasteiger partial charge < -0.3 is 43.4 Å². The summed E-state index contributed by atoms with van der Waals surface area (Å²) in [5.41, 5.74) is 16.2. The molecule has 0 saturated heterocycles. The molecule has 0 aliphatic heterocycles. The Bertz CT molecular complexity index is 1020. The van der Waals surface area contributed by atoms with Crippen molar-refractivity contribution in [2.45, 2.75) is 56.3 Å². The molecule has 202 valence electrons. The molecule has 4 unspecified atom stereocenters. The number of hydrogen-bond acceptors (Lipinski definition) is 8. The number of carboxylic acid groups (broad SMARTS) is 2. The number of aliphatic carboxylic acids is 2. The van der Waals surface area contributed by atoms with Gasteiger partial charge in [0, 0.05) is 12.8 Å². The van der Waals surface area contributed by atoms with Gasteiger partial charge in [0.25, 0.3) is 0 Å². The number of amides is 5. The lowest BCUT2D eigenvalue weighted by Crippen LogP contribution is -2.58. The summed E-state index contributed by atoms with van der Waals surface area (Å²) in [4.78, 5) is 83.0. The number of hydrogen-bond donors (Lipinski definition) is 8. The Balaban J connectivity index is 3.05. The van der Waals surface area contributed by atoms with E-state index in [1.807, 2.05) is 0 Å². The molecule has 0 fully saturated rings. The molecule has 1 rings (SSSR count). The van der Waals surface area contributed by atoms with E-state index in [4.69, 9.17) is 22.3 Å². The first-order chi connectivity index (χ1) is 17.3. The van der Waals surface area contributed by atoms with Crippen LogP contribution in [0.1, 0.15) is 31.2 Å². The highest BCUT2D eigenvalue weighted by Gasteiger charge is 2.32. The van der Waals surface area contributed by atoms with Crippen LogP contribution < -0.4 is 33.2 Å². The smallest absolute Gasteiger partial charge is 0.326 e. The van der Waals surface area contributed by atoms with Gasteiger partial charge in [0.1, 0.15) is 18.1 Å². The monoisotopic (exact) mass is 522 g/mol. The van der Waals surface area contributed by atoms with Crippen LogP contribution in [0.4, 0.5) is 0 Å². The van der Waals surface area contributed by atoms with Gasteiger partial charge in [-0.1, -0.05) is 30.3 Å². The molecular formula is C22H30N6O9. The fourth-order valence-corrected chi connectivity index (χ4v) is 3.12. The molecule has 15 nitrogen and oxygen atoms in total. The second kappa shape index (κ2) is 14.8. The van der Waals surface area contributed by atoms with Gasteiger partial charge in [-0.25, -0.2) is 4.79 Å². The Labute approximate surface area is 211 Å². The molecule has 0 aliphatic rings. The van der Waals surface area contributed by atoms with Crippen LogP contribution in [0.3, 0.4) is 0 Å². The number of carboxylic acids is 2. The van der Waals surface area contributed by atoms with Crippen molar-refractivity contribution in [3.05, 3.63) is 35.9 Å². The lowest BCUT2D eigenvalue weighted by Gasteiger charge is -2.24. The van der Waals surface area contributed by atoms with Crippen LogP contribution in [0, 0.1) is 0 Å². The van der Waals surface area contributed by atoms with E-state index in [1.54, 1.807) is 30.3 Å². The summed E-state index contributed by atoms with van der Waals surface area (Å²) in [7, 11) is 0. The summed E-state index contributed by atoms with van der Waals surface area (Å²) >= 11 is 0. The van der Waals surface area contributed by atoms with E-state index < -0.39 is 78.5 Å². The summed E-state index contributed by atoms with van der Waals surface area (Å²) in [6.07, 6.45) is -2.31. The molecular weight excluding hydrogens is 492 g/mol. The van der Waals surface area contributed by atoms with Crippen LogP contribution in [-0.4, -0.2) is 75.9 Å². The Morgan fingerprint density at radius 1 is 0.730 bits per heavy atom. The van der Waals surface area contributed by atoms with Crippen molar-refractivity contribution in [3.8, 4) is 0 Å². The third kappa shape index (κ3) is 11.6. The van der Waals surface area contributed by atoms with Gasteiger partial charge in [-0.3, -0.25) is 28.8 Å². The minimum absolute atomic E-state index is 0.0894. The van der Waals surface area contributed by atoms with E-state index in [0.717, 1.165) is 0 Å². The molecule has 0 saturated carbocycles. The Morgan fingerprint density at radius 3 is 1.78 bits per heavy atom. The predicted octanol–water partition coefficient (Wildman–Crippen LogP) is -3.29. The van der Waals surface area contributed by atoms with Crippen molar-refractivity contribution >= 4 is 41.5 Å². The minimum Gasteiger partial charge on any atom is -0.481 e. The average molecular weight is 523 g/mol. The number of nitrogens with two attached hydrogens (primary N) is 3. The summed E-state index contributed by atoms with van der Waals surface area (Å²) in [6.45, 7) is 0. The quantitative estimate of drug-likeness (QED) is 0.107. The van der Waals surface area contributed by atoms with Crippen LogP contribution in [0.2, 0.25) is 0 Å². The van der Waals surface area contributed by atoms with Gasteiger partial charge in [-0.05, 0) is 12.0 Å². The highest BCUT2D eigenvalue weighted by Crippen LogP contribution is 2.06. The van der Waals surface area contributed by atoms with Crippen molar-refractivity contribution in [2.75, 3.05) is 0 Å². The molecule has 0 spiro atoms. The largest absolute Gasteiger partial charge is 0.481 e. The lowest BCUT2D eigenvalue weighted by molar-refractivity contribution is -0.143. The summed E-state index contributed by atoms with van der Waals surface area (Å²) in [6, 6.07) is 2.27. The van der Waals surface area contributed by atoms with E-state index in [9.17, 15) is 38.7 Å². The Morgan fingerprint density at radius 2 is 1.27 bits per heavy atom. The van der Waals surface area contributed by atoms with E-state index in [2.05, 4.69) is 16.0 Å². The summed E-state index contributed by atoms with van der Waals surface area (Å²) in [5.74, 6) is -7.75. The van der Waals surface area contributed by atoms with Gasteiger partial charge in [0.05, 0.1) is 18.9 Å². The van der Waals surface area contributed by atoms with Crippen LogP contribution >= 0.6 is 0 Å². The van der Waals surface area contributed by atoms with Crippen LogP contribution in [0.5, 0.6) is 0 Å². The first-order valence-corrected chi connectivity index (χ1v) is 11.0. The Hall–Kier alpha value is -4.53. The van der Waals surface area contributed by atoms with Crippen LogP contribution in [-0.2, 0) is 40.0 Å². The normalized spacial score (nSPS) is 13.8. The van der Waals surface area contributed by atoms with Crippen molar-refractivity contribution in [1.29, 1.82) is 0 Å². The van der Waals surface area contributed by atoms with Crippen LogP contribution in [0.15, 0.2) is 30.3 Å². The number of benzene rings is 1. The van der Waals surface area contributed by atoms with Gasteiger partial charge in [-0.15, -0.1) is 0 Å². The molecule has 11 N–H and O–H groups in total. The van der Waals surface area contributed by atoms with Gasteiger partial charge in [0.2, 0.25) is 29.5 Å². The standard InChI is InChI=1S/C22H30N6O9/c23-12(9-17(25)30)19(33)27-14(10-18(31)32)21(35)26-13(6-7-16(24)29)20(34)28-15(22(36)37)8-11-4-2-1-3-5-11/h1-5,12-15H,6-10,23H2,(H2,24,29)(H2,25,30)(H,26,35)(H,27,33)(H,28,34)(H,31,32)(H,36,37). The second-order valence-electron chi connectivity index (χ2n) is 8.09. The van der Waals surface area contributed by atoms with E-state index in [-0.39, 0.29) is 19.3 Å². The summed E-state index contributed by atoms with van der Waals surface area (Å²) in [5, 5.41) is 25.2. The molecule has 1 aromatic rings. The zero-order chi connectivity index (χ0) is 28.1. The molecule has 0 radical (unpaired) electrons. The number of nitrogens with one attached hydrogen (secondary N) is 3. The number of carbonyl (C=O) groups excluding carboxylic acids is 5. The van der Waals surface area contributed by atoms with Gasteiger partial charge >= 0.3 is 11.9 Å². The molecule has 5 amide bonds. The number of primary amides is 2. The highest BCUT2D eigenvalue weighted by molar-refractivity contribution is 5.96. The molecule has 1 aromatic carbocycles. The molecule has 0 aromatic heterocycles. The number of carbonyl (C=O) groups is 7. The molecule has 37 heavy (non-hydrogen) atoms. The zero-order valence-corrected chi connectivity index (χ0v) is 19.7.